The van der Waals surface area contributed by atoms with Gasteiger partial charge in [-0.1, -0.05) is 32.6 Å². The molecule has 1 heteroatoms. The maximum Gasteiger partial charge on any atom is 0.0305 e. The minimum Gasteiger partial charge on any atom is -0.324 e. The summed E-state index contributed by atoms with van der Waals surface area (Å²) in [5, 5.41) is 0. The lowest BCUT2D eigenvalue weighted by Gasteiger charge is -2.01. The average molecular weight is 128 g/mol. The molecule has 0 aromatic heterocycles. The third-order valence-electron chi connectivity index (χ3n) is 1.42. The predicted octanol–water partition coefficient (Wildman–Crippen LogP) is 2.47. The highest BCUT2D eigenvalue weighted by molar-refractivity contribution is 4.73. The molecule has 55 valence electrons. The molecular formula is C8H18N. The van der Waals surface area contributed by atoms with E-state index in [1.807, 2.05) is 6.92 Å². The maximum absolute atomic E-state index is 5.49. The number of nitrogens with two attached hydrogens (primary N) is 1. The van der Waals surface area contributed by atoms with Crippen LogP contribution in [-0.4, -0.2) is 0 Å². The van der Waals surface area contributed by atoms with Crippen LogP contribution in [0.1, 0.15) is 46.0 Å². The van der Waals surface area contributed by atoms with Crippen LogP contribution in [-0.2, 0) is 0 Å². The van der Waals surface area contributed by atoms with Crippen LogP contribution in [0.3, 0.4) is 0 Å². The van der Waals surface area contributed by atoms with Crippen LogP contribution in [0, 0.1) is 6.04 Å². The Morgan fingerprint density at radius 3 is 2.33 bits per heavy atom. The molecule has 0 aromatic rings. The van der Waals surface area contributed by atoms with Gasteiger partial charge in [-0.25, -0.2) is 0 Å². The fourth-order valence-corrected chi connectivity index (χ4v) is 0.831. The van der Waals surface area contributed by atoms with Crippen molar-refractivity contribution in [3.63, 3.8) is 0 Å². The zero-order valence-corrected chi connectivity index (χ0v) is 6.61. The number of hydrogen-bond acceptors (Lipinski definition) is 1. The first-order valence-electron chi connectivity index (χ1n) is 3.85. The lowest BCUT2D eigenvalue weighted by Crippen LogP contribution is -2.03. The van der Waals surface area contributed by atoms with E-state index in [1.54, 1.807) is 0 Å². The van der Waals surface area contributed by atoms with Crippen LogP contribution in [0.5, 0.6) is 0 Å². The quantitative estimate of drug-likeness (QED) is 0.565. The molecule has 0 aliphatic carbocycles. The van der Waals surface area contributed by atoms with Crippen molar-refractivity contribution in [3.8, 4) is 0 Å². The molecule has 0 saturated carbocycles. The highest BCUT2D eigenvalue weighted by Gasteiger charge is 1.92. The van der Waals surface area contributed by atoms with E-state index in [2.05, 4.69) is 6.92 Å². The Kier molecular flexibility index (Phi) is 6.06. The van der Waals surface area contributed by atoms with E-state index in [-0.39, 0.29) is 0 Å². The Morgan fingerprint density at radius 1 is 1.22 bits per heavy atom. The van der Waals surface area contributed by atoms with Gasteiger partial charge in [0, 0.05) is 6.04 Å². The van der Waals surface area contributed by atoms with Gasteiger partial charge in [-0.05, 0) is 13.3 Å². The summed E-state index contributed by atoms with van der Waals surface area (Å²) in [4.78, 5) is 0. The molecule has 0 aliphatic rings. The van der Waals surface area contributed by atoms with Gasteiger partial charge in [0.1, 0.15) is 0 Å². The normalized spacial score (nSPS) is 10.7. The second kappa shape index (κ2) is 6.09. The van der Waals surface area contributed by atoms with E-state index in [4.69, 9.17) is 5.73 Å². The van der Waals surface area contributed by atoms with E-state index in [1.165, 1.54) is 25.7 Å². The van der Waals surface area contributed by atoms with Gasteiger partial charge in [-0.3, -0.25) is 0 Å². The molecular weight excluding hydrogens is 110 g/mol. The first-order valence-corrected chi connectivity index (χ1v) is 3.85. The smallest absolute Gasteiger partial charge is 0.0305 e. The van der Waals surface area contributed by atoms with Gasteiger partial charge in [0.25, 0.3) is 0 Å². The maximum atomic E-state index is 5.49. The van der Waals surface area contributed by atoms with Crippen LogP contribution < -0.4 is 5.73 Å². The highest BCUT2D eigenvalue weighted by Crippen LogP contribution is 2.06. The SMILES string of the molecule is CCCCCC[C](C)N. The number of unbranched alkanes of at least 4 members (excludes halogenated alkanes) is 3. The van der Waals surface area contributed by atoms with Crippen LogP contribution >= 0.6 is 0 Å². The fraction of sp³-hybridized carbons (Fsp3) is 0.875. The van der Waals surface area contributed by atoms with Crippen LogP contribution in [0.25, 0.3) is 0 Å². The standard InChI is InChI=1S/C8H18N/c1-3-4-5-6-7-8(2)9/h3-7,9H2,1-2H3. The number of rotatable bonds is 5. The molecule has 0 unspecified atom stereocenters. The summed E-state index contributed by atoms with van der Waals surface area (Å²) < 4.78 is 0. The van der Waals surface area contributed by atoms with E-state index in [9.17, 15) is 0 Å². The molecule has 0 atom stereocenters. The van der Waals surface area contributed by atoms with Gasteiger partial charge in [0.15, 0.2) is 0 Å². The predicted molar refractivity (Wildman–Crippen MR) is 41.9 cm³/mol. The molecule has 0 saturated heterocycles. The Balaban J connectivity index is 2.75. The molecule has 9 heavy (non-hydrogen) atoms. The van der Waals surface area contributed by atoms with E-state index >= 15 is 0 Å². The minimum absolute atomic E-state index is 1.08. The molecule has 0 amide bonds. The monoisotopic (exact) mass is 128 g/mol. The molecule has 1 radical (unpaired) electrons. The second-order valence-electron chi connectivity index (χ2n) is 2.66. The summed E-state index contributed by atoms with van der Waals surface area (Å²) in [5.41, 5.74) is 5.49. The van der Waals surface area contributed by atoms with Crippen LogP contribution in [0.2, 0.25) is 0 Å². The molecule has 0 aliphatic heterocycles. The van der Waals surface area contributed by atoms with E-state index in [0.717, 1.165) is 12.5 Å². The minimum atomic E-state index is 1.08. The molecule has 0 fully saturated rings. The summed E-state index contributed by atoms with van der Waals surface area (Å²) >= 11 is 0. The number of hydrogen-bond donors (Lipinski definition) is 1. The van der Waals surface area contributed by atoms with Crippen molar-refractivity contribution in [1.29, 1.82) is 0 Å². The van der Waals surface area contributed by atoms with Crippen LogP contribution in [0.4, 0.5) is 0 Å². The van der Waals surface area contributed by atoms with Gasteiger partial charge < -0.3 is 5.73 Å². The molecule has 2 N–H and O–H groups in total. The van der Waals surface area contributed by atoms with Gasteiger partial charge in [-0.2, -0.15) is 0 Å². The molecule has 1 nitrogen and oxygen atoms in total. The third-order valence-corrected chi connectivity index (χ3v) is 1.42. The van der Waals surface area contributed by atoms with Crippen molar-refractivity contribution in [2.24, 2.45) is 5.73 Å². The molecule has 0 aromatic carbocycles. The summed E-state index contributed by atoms with van der Waals surface area (Å²) in [6.45, 7) is 4.21. The first kappa shape index (κ1) is 8.96. The van der Waals surface area contributed by atoms with Gasteiger partial charge in [0.2, 0.25) is 0 Å². The Bertz CT molecular complexity index is 50.5. The van der Waals surface area contributed by atoms with Crippen LogP contribution in [0.15, 0.2) is 0 Å². The van der Waals surface area contributed by atoms with Gasteiger partial charge in [0.05, 0.1) is 0 Å². The summed E-state index contributed by atoms with van der Waals surface area (Å²) in [6.07, 6.45) is 6.39. The van der Waals surface area contributed by atoms with Crippen molar-refractivity contribution in [2.75, 3.05) is 0 Å². The Hall–Kier alpha value is -0.0400. The Morgan fingerprint density at radius 2 is 1.89 bits per heavy atom. The first-order chi connectivity index (χ1) is 4.27. The van der Waals surface area contributed by atoms with Crippen molar-refractivity contribution in [1.82, 2.24) is 0 Å². The average Bonchev–Trinajstić information content (AvgIpc) is 1.80. The summed E-state index contributed by atoms with van der Waals surface area (Å²) in [5.74, 6) is 0. The van der Waals surface area contributed by atoms with Crippen molar-refractivity contribution in [2.45, 2.75) is 46.0 Å². The van der Waals surface area contributed by atoms with E-state index < -0.39 is 0 Å². The van der Waals surface area contributed by atoms with Crippen molar-refractivity contribution >= 4 is 0 Å². The molecule has 0 heterocycles. The van der Waals surface area contributed by atoms with Gasteiger partial charge in [-0.15, -0.1) is 0 Å². The van der Waals surface area contributed by atoms with Gasteiger partial charge >= 0.3 is 0 Å². The Labute approximate surface area is 58.6 Å². The van der Waals surface area contributed by atoms with Crippen molar-refractivity contribution < 1.29 is 0 Å². The molecule has 0 rings (SSSR count). The largest absolute Gasteiger partial charge is 0.324 e. The lowest BCUT2D eigenvalue weighted by atomic mass is 10.1. The zero-order chi connectivity index (χ0) is 7.11. The molecule has 0 bridgehead atoms. The fourth-order valence-electron chi connectivity index (χ4n) is 0.831. The zero-order valence-electron chi connectivity index (χ0n) is 6.61. The van der Waals surface area contributed by atoms with Crippen molar-refractivity contribution in [3.05, 3.63) is 6.04 Å². The molecule has 0 spiro atoms. The second-order valence-corrected chi connectivity index (χ2v) is 2.66. The summed E-state index contributed by atoms with van der Waals surface area (Å²) in [6, 6.07) is 1.08. The third kappa shape index (κ3) is 7.96. The summed E-state index contributed by atoms with van der Waals surface area (Å²) in [7, 11) is 0. The lowest BCUT2D eigenvalue weighted by molar-refractivity contribution is 0.635. The highest BCUT2D eigenvalue weighted by atomic mass is 14.6. The topological polar surface area (TPSA) is 26.0 Å². The van der Waals surface area contributed by atoms with E-state index in [0.29, 0.717) is 0 Å².